The van der Waals surface area contributed by atoms with E-state index < -0.39 is 0 Å². The standard InChI is InChI=1S/C7H9NO/c1-8-6-3-2-4-7(9)5-6/h3,7,9H,2,4-5H2/t7-/m0/s1. The average molecular weight is 123 g/mol. The first kappa shape index (κ1) is 6.31. The van der Waals surface area contributed by atoms with Gasteiger partial charge in [0.05, 0.1) is 6.57 Å². The van der Waals surface area contributed by atoms with Gasteiger partial charge in [0.1, 0.15) is 0 Å². The molecule has 0 amide bonds. The van der Waals surface area contributed by atoms with Crippen molar-refractivity contribution in [3.8, 4) is 0 Å². The van der Waals surface area contributed by atoms with Gasteiger partial charge in [0, 0.05) is 12.5 Å². The number of rotatable bonds is 0. The van der Waals surface area contributed by atoms with E-state index in [4.69, 9.17) is 11.7 Å². The molecule has 0 saturated carbocycles. The van der Waals surface area contributed by atoms with Crippen molar-refractivity contribution in [1.29, 1.82) is 0 Å². The number of hydrogen-bond donors (Lipinski definition) is 1. The minimum absolute atomic E-state index is 0.265. The molecular formula is C7H9NO. The lowest BCUT2D eigenvalue weighted by atomic mass is 10.0. The summed E-state index contributed by atoms with van der Waals surface area (Å²) < 4.78 is 0. The number of aliphatic hydroxyl groups is 1. The van der Waals surface area contributed by atoms with Gasteiger partial charge in [0.25, 0.3) is 0 Å². The van der Waals surface area contributed by atoms with E-state index in [9.17, 15) is 0 Å². The fourth-order valence-corrected chi connectivity index (χ4v) is 0.960. The number of hydrogen-bond acceptors (Lipinski definition) is 1. The van der Waals surface area contributed by atoms with E-state index in [0.717, 1.165) is 12.8 Å². The van der Waals surface area contributed by atoms with Gasteiger partial charge in [-0.3, -0.25) is 0 Å². The van der Waals surface area contributed by atoms with Crippen LogP contribution in [-0.2, 0) is 0 Å². The zero-order chi connectivity index (χ0) is 6.69. The highest BCUT2D eigenvalue weighted by Gasteiger charge is 2.11. The maximum absolute atomic E-state index is 9.03. The normalized spacial score (nSPS) is 26.7. The predicted molar refractivity (Wildman–Crippen MR) is 34.5 cm³/mol. The maximum atomic E-state index is 9.03. The first-order valence-electron chi connectivity index (χ1n) is 3.07. The molecule has 0 aromatic carbocycles. The van der Waals surface area contributed by atoms with Gasteiger partial charge in [-0.2, -0.15) is 0 Å². The van der Waals surface area contributed by atoms with Gasteiger partial charge in [0.2, 0.25) is 0 Å². The molecule has 0 unspecified atom stereocenters. The molecule has 9 heavy (non-hydrogen) atoms. The van der Waals surface area contributed by atoms with Gasteiger partial charge in [-0.15, -0.1) is 0 Å². The Hall–Kier alpha value is -0.810. The highest BCUT2D eigenvalue weighted by atomic mass is 16.3. The summed E-state index contributed by atoms with van der Waals surface area (Å²) in [7, 11) is 0. The highest BCUT2D eigenvalue weighted by molar-refractivity contribution is 5.13. The van der Waals surface area contributed by atoms with Crippen molar-refractivity contribution in [3.05, 3.63) is 23.2 Å². The molecule has 0 aromatic heterocycles. The van der Waals surface area contributed by atoms with Gasteiger partial charge >= 0.3 is 0 Å². The van der Waals surface area contributed by atoms with Crippen LogP contribution in [0.3, 0.4) is 0 Å². The molecule has 1 aliphatic rings. The molecular weight excluding hydrogens is 114 g/mol. The lowest BCUT2D eigenvalue weighted by Crippen LogP contribution is -2.09. The third-order valence-electron chi connectivity index (χ3n) is 1.47. The fourth-order valence-electron chi connectivity index (χ4n) is 0.960. The fraction of sp³-hybridized carbons (Fsp3) is 0.571. The second-order valence-electron chi connectivity index (χ2n) is 2.24. The van der Waals surface area contributed by atoms with Crippen LogP contribution in [0.2, 0.25) is 0 Å². The molecule has 0 radical (unpaired) electrons. The molecule has 0 saturated heterocycles. The largest absolute Gasteiger partial charge is 0.394 e. The Kier molecular flexibility index (Phi) is 1.86. The Balaban J connectivity index is 2.56. The van der Waals surface area contributed by atoms with Crippen LogP contribution in [0.1, 0.15) is 19.3 Å². The number of allylic oxidation sites excluding steroid dienone is 1. The molecule has 0 spiro atoms. The first-order valence-corrected chi connectivity index (χ1v) is 3.07. The molecule has 2 heteroatoms. The van der Waals surface area contributed by atoms with Gasteiger partial charge in [0.15, 0.2) is 5.70 Å². The lowest BCUT2D eigenvalue weighted by molar-refractivity contribution is 0.161. The molecule has 1 atom stereocenters. The van der Waals surface area contributed by atoms with Crippen LogP contribution < -0.4 is 0 Å². The van der Waals surface area contributed by atoms with Crippen molar-refractivity contribution in [1.82, 2.24) is 0 Å². The zero-order valence-corrected chi connectivity index (χ0v) is 5.17. The lowest BCUT2D eigenvalue weighted by Gasteiger charge is -2.12. The van der Waals surface area contributed by atoms with E-state index in [0.29, 0.717) is 12.1 Å². The molecule has 1 N–H and O–H groups in total. The van der Waals surface area contributed by atoms with E-state index in [1.54, 1.807) is 0 Å². The predicted octanol–water partition coefficient (Wildman–Crippen LogP) is 1.33. The van der Waals surface area contributed by atoms with Gasteiger partial charge in [-0.25, -0.2) is 4.85 Å². The Bertz CT molecular complexity index is 166. The number of nitrogens with zero attached hydrogens (tertiary/aromatic N) is 1. The van der Waals surface area contributed by atoms with Crippen LogP contribution in [0.25, 0.3) is 4.85 Å². The molecule has 0 aromatic rings. The van der Waals surface area contributed by atoms with Crippen molar-refractivity contribution < 1.29 is 5.11 Å². The Morgan fingerprint density at radius 3 is 3.00 bits per heavy atom. The summed E-state index contributed by atoms with van der Waals surface area (Å²) in [4.78, 5) is 3.25. The van der Waals surface area contributed by atoms with Crippen LogP contribution in [0.15, 0.2) is 11.8 Å². The minimum Gasteiger partial charge on any atom is -0.394 e. The summed E-state index contributed by atoms with van der Waals surface area (Å²) >= 11 is 0. The molecule has 0 bridgehead atoms. The topological polar surface area (TPSA) is 24.6 Å². The monoisotopic (exact) mass is 123 g/mol. The summed E-state index contributed by atoms with van der Waals surface area (Å²) in [5.41, 5.74) is 0.716. The van der Waals surface area contributed by atoms with Crippen molar-refractivity contribution in [2.24, 2.45) is 0 Å². The van der Waals surface area contributed by atoms with Crippen molar-refractivity contribution in [2.75, 3.05) is 0 Å². The van der Waals surface area contributed by atoms with E-state index in [1.807, 2.05) is 6.08 Å². The molecule has 1 rings (SSSR count). The summed E-state index contributed by atoms with van der Waals surface area (Å²) in [6, 6.07) is 0. The van der Waals surface area contributed by atoms with Crippen LogP contribution in [-0.4, -0.2) is 11.2 Å². The van der Waals surface area contributed by atoms with Crippen LogP contribution in [0.4, 0.5) is 0 Å². The van der Waals surface area contributed by atoms with Crippen LogP contribution >= 0.6 is 0 Å². The Morgan fingerprint density at radius 2 is 2.56 bits per heavy atom. The Labute approximate surface area is 54.6 Å². The third kappa shape index (κ3) is 1.55. The smallest absolute Gasteiger partial charge is 0.164 e. The van der Waals surface area contributed by atoms with E-state index >= 15 is 0 Å². The molecule has 0 heterocycles. The van der Waals surface area contributed by atoms with E-state index in [-0.39, 0.29) is 6.10 Å². The van der Waals surface area contributed by atoms with E-state index in [2.05, 4.69) is 4.85 Å². The molecule has 2 nitrogen and oxygen atoms in total. The summed E-state index contributed by atoms with van der Waals surface area (Å²) in [6.07, 6.45) is 3.88. The molecule has 0 fully saturated rings. The average Bonchev–Trinajstić information content (AvgIpc) is 1.88. The highest BCUT2D eigenvalue weighted by Crippen LogP contribution is 2.18. The van der Waals surface area contributed by atoms with E-state index in [1.165, 1.54) is 0 Å². The first-order chi connectivity index (χ1) is 4.33. The van der Waals surface area contributed by atoms with Crippen molar-refractivity contribution >= 4 is 0 Å². The van der Waals surface area contributed by atoms with Gasteiger partial charge in [-0.05, 0) is 12.8 Å². The summed E-state index contributed by atoms with van der Waals surface area (Å²) in [5.74, 6) is 0. The third-order valence-corrected chi connectivity index (χ3v) is 1.47. The zero-order valence-electron chi connectivity index (χ0n) is 5.17. The summed E-state index contributed by atoms with van der Waals surface area (Å²) in [6.45, 7) is 6.63. The molecule has 48 valence electrons. The van der Waals surface area contributed by atoms with Crippen LogP contribution in [0.5, 0.6) is 0 Å². The molecule has 0 aliphatic heterocycles. The number of aliphatic hydroxyl groups excluding tert-OH is 1. The second-order valence-corrected chi connectivity index (χ2v) is 2.24. The molecule has 1 aliphatic carbocycles. The van der Waals surface area contributed by atoms with Crippen molar-refractivity contribution in [2.45, 2.75) is 25.4 Å². The van der Waals surface area contributed by atoms with Gasteiger partial charge < -0.3 is 5.11 Å². The second kappa shape index (κ2) is 2.65. The van der Waals surface area contributed by atoms with Gasteiger partial charge in [-0.1, -0.05) is 6.08 Å². The summed E-state index contributed by atoms with van der Waals surface area (Å²) in [5, 5.41) is 9.03. The van der Waals surface area contributed by atoms with Crippen molar-refractivity contribution in [3.63, 3.8) is 0 Å². The quantitative estimate of drug-likeness (QED) is 0.483. The van der Waals surface area contributed by atoms with Crippen LogP contribution in [0, 0.1) is 6.57 Å². The maximum Gasteiger partial charge on any atom is 0.164 e. The SMILES string of the molecule is [C-]#[N+]C1=CCC[C@H](O)C1. The Morgan fingerprint density at radius 1 is 1.78 bits per heavy atom. The minimum atomic E-state index is -0.265.